The van der Waals surface area contributed by atoms with Crippen molar-refractivity contribution >= 4 is 87.5 Å². The van der Waals surface area contributed by atoms with E-state index in [1.807, 2.05) is 0 Å². The predicted octanol–water partition coefficient (Wildman–Crippen LogP) is 12.2. The van der Waals surface area contributed by atoms with Crippen LogP contribution in [-0.2, 0) is 33.4 Å². The smallest absolute Gasteiger partial charge is 0.335 e. The minimum Gasteiger partial charge on any atom is -0.508 e. The van der Waals surface area contributed by atoms with Crippen molar-refractivity contribution in [1.29, 1.82) is 0 Å². The molecule has 0 spiro atoms. The van der Waals surface area contributed by atoms with Crippen molar-refractivity contribution in [2.75, 3.05) is 39.6 Å². The van der Waals surface area contributed by atoms with Crippen molar-refractivity contribution in [1.82, 2.24) is 16.0 Å². The number of nitrogens with one attached hydrogen (secondary N) is 3. The van der Waals surface area contributed by atoms with Crippen molar-refractivity contribution in [3.8, 4) is 28.7 Å². The van der Waals surface area contributed by atoms with Crippen LogP contribution in [-0.4, -0.2) is 127 Å². The highest BCUT2D eigenvalue weighted by molar-refractivity contribution is 6.31. The fourth-order valence-corrected chi connectivity index (χ4v) is 10.5. The molecular weight excluding hydrogens is 1310 g/mol. The summed E-state index contributed by atoms with van der Waals surface area (Å²) in [5.74, 6) is -1.33. The minimum atomic E-state index is -0.852. The number of Topliss-reactive ketones (excluding diaryl/α,β-unsaturated/α-hetero) is 1. The number of phenolic OH excluding ortho intramolecular Hbond substituents is 1. The number of ketones is 1. The Bertz CT molecular complexity index is 3170. The number of hydrogen-bond acceptors (Lipinski definition) is 14. The molecule has 5 fully saturated rings. The maximum absolute atomic E-state index is 13.4. The van der Waals surface area contributed by atoms with Crippen LogP contribution in [0.4, 0.5) is 17.6 Å². The molecule has 5 aliphatic rings. The number of nitrogens with two attached hydrogens (primary N) is 1. The van der Waals surface area contributed by atoms with E-state index in [1.54, 1.807) is 24.3 Å². The molecule has 92 heavy (non-hydrogen) atoms. The van der Waals surface area contributed by atoms with Gasteiger partial charge in [0.25, 0.3) is 17.7 Å². The normalized spacial score (nSPS) is 21.3. The number of epoxide rings is 2. The lowest BCUT2D eigenvalue weighted by molar-refractivity contribution is -0.138. The van der Waals surface area contributed by atoms with E-state index in [9.17, 15) is 46.6 Å². The fourth-order valence-electron chi connectivity index (χ4n) is 9.88. The number of rotatable bonds is 22. The van der Waals surface area contributed by atoms with Gasteiger partial charge in [0.2, 0.25) is 0 Å². The number of benzene rings is 5. The number of carbonyl (C=O) groups excluding carboxylic acids is 4. The summed E-state index contributed by atoms with van der Waals surface area (Å²) in [4.78, 5) is 57.2. The van der Waals surface area contributed by atoms with E-state index in [4.69, 9.17) is 97.6 Å². The lowest BCUT2D eigenvalue weighted by atomic mass is 9.83. The van der Waals surface area contributed by atoms with Crippen LogP contribution in [0.5, 0.6) is 28.7 Å². The number of aliphatic hydroxyl groups is 1. The molecule has 3 saturated carbocycles. The van der Waals surface area contributed by atoms with Crippen molar-refractivity contribution in [2.24, 2.45) is 17.6 Å². The first-order chi connectivity index (χ1) is 43.9. The second-order valence-corrected chi connectivity index (χ2v) is 24.7. The molecule has 10 rings (SSSR count). The number of carboxylic acids is 1. The van der Waals surface area contributed by atoms with E-state index < -0.39 is 41.4 Å². The standard InChI is InChI=1S/C24H28Cl2FNO4.C18H21ClFNO4.C14H18ClFN2O2.C6H4ClFO.C3H4O3/c25-17-4-9-20(10-5-17)31-14-19(29)8-3-16-1-6-18(7-2-16)28-24(30)15-32-21-11-12-22(26)23(27)13-21;19-14-6-5-13(8-15(14)20)24-10-18(23)21-12-3-1-11(2-4-12)7-16(22)17-9-25-17;15-12-6-5-11(7-13(12)16)20-8-14(19)18-10-3-1-9(17)2-4-10;7-5-2-1-4(9)3-6(5)8;4-3(5)2-1-6-2/h4-5,9-13,16,18-19,29H,1-3,6-8,14-15H2,(H,28,30);5-6,8,11-12,17H,1-4,7,9-10H2,(H,21,23);5-7,9-10H,1-4,8,17H2,(H,18,19);1-3,9H;2H,1H2,(H,4,5). The van der Waals surface area contributed by atoms with Gasteiger partial charge in [-0.3, -0.25) is 19.2 Å². The maximum atomic E-state index is 13.4. The Kier molecular flexibility index (Phi) is 31.5. The topological polar surface area (TPSA) is 270 Å². The third-order valence-corrected chi connectivity index (χ3v) is 16.7. The van der Waals surface area contributed by atoms with Gasteiger partial charge in [-0.1, -0.05) is 58.0 Å². The number of amides is 3. The molecule has 3 aliphatic carbocycles. The molecule has 2 heterocycles. The van der Waals surface area contributed by atoms with Crippen LogP contribution in [0.15, 0.2) is 97.1 Å². The van der Waals surface area contributed by atoms with Crippen molar-refractivity contribution in [2.45, 2.75) is 139 Å². The van der Waals surface area contributed by atoms with Gasteiger partial charge in [0.05, 0.1) is 39.4 Å². The largest absolute Gasteiger partial charge is 0.508 e. The quantitative estimate of drug-likeness (QED) is 0.0251. The highest BCUT2D eigenvalue weighted by Crippen LogP contribution is 2.31. The van der Waals surface area contributed by atoms with Crippen LogP contribution in [0.25, 0.3) is 0 Å². The van der Waals surface area contributed by atoms with Gasteiger partial charge in [-0.25, -0.2) is 22.4 Å². The molecule has 18 nitrogen and oxygen atoms in total. The first kappa shape index (κ1) is 74.7. The summed E-state index contributed by atoms with van der Waals surface area (Å²) in [5, 5.41) is 36.3. The van der Waals surface area contributed by atoms with Gasteiger partial charge in [-0.15, -0.1) is 0 Å². The Hall–Kier alpha value is -6.34. The van der Waals surface area contributed by atoms with E-state index in [0.29, 0.717) is 48.7 Å². The SMILES string of the molecule is NC1CCC(NC(=O)COc2ccc(Cl)c(F)c2)CC1.O=C(COc1ccc(Cl)c(F)c1)NC1CCC(CC(=O)C2CO2)CC1.O=C(COc1ccc(Cl)c(F)c1)NC1CCC(CCC(O)COc2ccc(Cl)cc2)CC1.O=C(O)C1CO1.Oc1ccc(Cl)c(F)c1. The monoisotopic (exact) mass is 1390 g/mol. The van der Waals surface area contributed by atoms with Gasteiger partial charge in [0, 0.05) is 59.9 Å². The van der Waals surface area contributed by atoms with Gasteiger partial charge in [-0.2, -0.15) is 0 Å². The number of carbonyl (C=O) groups is 5. The molecule has 8 N–H and O–H groups in total. The first-order valence-electron chi connectivity index (χ1n) is 30.0. The molecule has 0 radical (unpaired) electrons. The second-order valence-electron chi connectivity index (χ2n) is 22.6. The Balaban J connectivity index is 0.000000199. The van der Waals surface area contributed by atoms with Gasteiger partial charge in [-0.05, 0) is 175 Å². The molecule has 3 amide bonds. The molecule has 3 atom stereocenters. The zero-order valence-corrected chi connectivity index (χ0v) is 53.9. The predicted molar refractivity (Wildman–Crippen MR) is 339 cm³/mol. The number of aromatic hydroxyl groups is 1. The van der Waals surface area contributed by atoms with Crippen molar-refractivity contribution < 1.29 is 85.3 Å². The number of aliphatic hydroxyl groups excluding tert-OH is 1. The summed E-state index contributed by atoms with van der Waals surface area (Å²) >= 11 is 27.9. The highest BCUT2D eigenvalue weighted by Gasteiger charge is 2.34. The van der Waals surface area contributed by atoms with Gasteiger partial charge in [0.1, 0.15) is 64.7 Å². The Labute approximate surface area is 555 Å². The molecule has 27 heteroatoms. The van der Waals surface area contributed by atoms with E-state index in [-0.39, 0.29) is 123 Å². The zero-order valence-electron chi connectivity index (χ0n) is 50.1. The van der Waals surface area contributed by atoms with E-state index in [2.05, 4.69) is 20.7 Å². The van der Waals surface area contributed by atoms with Crippen LogP contribution in [0.3, 0.4) is 0 Å². The molecule has 3 unspecified atom stereocenters. The molecule has 2 aliphatic heterocycles. The number of carboxylic acid groups (broad SMARTS) is 1. The Morgan fingerprint density at radius 2 is 0.880 bits per heavy atom. The van der Waals surface area contributed by atoms with Crippen LogP contribution in [0.1, 0.15) is 96.3 Å². The summed E-state index contributed by atoms with van der Waals surface area (Å²) in [6.45, 7) is 0.755. The molecule has 502 valence electrons. The van der Waals surface area contributed by atoms with E-state index in [0.717, 1.165) is 108 Å². The number of hydrogen-bond donors (Lipinski definition) is 7. The second kappa shape index (κ2) is 38.7. The number of phenols is 1. The van der Waals surface area contributed by atoms with Gasteiger partial charge >= 0.3 is 5.97 Å². The van der Waals surface area contributed by atoms with E-state index >= 15 is 0 Å². The summed E-state index contributed by atoms with van der Waals surface area (Å²) in [6, 6.07) is 23.5. The lowest BCUT2D eigenvalue weighted by Crippen LogP contribution is -2.42. The maximum Gasteiger partial charge on any atom is 0.335 e. The van der Waals surface area contributed by atoms with Crippen molar-refractivity contribution in [3.05, 3.63) is 145 Å². The van der Waals surface area contributed by atoms with Crippen LogP contribution in [0.2, 0.25) is 25.1 Å². The third kappa shape index (κ3) is 28.9. The van der Waals surface area contributed by atoms with Crippen molar-refractivity contribution in [3.63, 3.8) is 0 Å². The average Bonchev–Trinajstić information content (AvgIpc) is 3.66. The van der Waals surface area contributed by atoms with Gasteiger partial charge in [0.15, 0.2) is 31.7 Å². The Morgan fingerprint density at radius 1 is 0.511 bits per heavy atom. The number of aliphatic carboxylic acids is 1. The molecular formula is C65H75Cl5F4N4O14. The highest BCUT2D eigenvalue weighted by atomic mass is 35.5. The van der Waals surface area contributed by atoms with Crippen LogP contribution < -0.4 is 40.6 Å². The van der Waals surface area contributed by atoms with Gasteiger partial charge < -0.3 is 65.4 Å². The summed E-state index contributed by atoms with van der Waals surface area (Å²) in [7, 11) is 0. The summed E-state index contributed by atoms with van der Waals surface area (Å²) in [5.41, 5.74) is 5.81. The first-order valence-corrected chi connectivity index (χ1v) is 31.9. The lowest BCUT2D eigenvalue weighted by Gasteiger charge is -2.29. The zero-order chi connectivity index (χ0) is 66.7. The number of halogens is 9. The Morgan fingerprint density at radius 3 is 1.24 bits per heavy atom. The van der Waals surface area contributed by atoms with Crippen LogP contribution >= 0.6 is 58.0 Å². The minimum absolute atomic E-state index is 0.0140. The van der Waals surface area contributed by atoms with Crippen LogP contribution in [0, 0.1) is 35.1 Å². The fraction of sp³-hybridized carbons (Fsp3) is 0.462. The summed E-state index contributed by atoms with van der Waals surface area (Å²) < 4.78 is 83.0. The molecule has 5 aromatic rings. The molecule has 5 aromatic carbocycles. The van der Waals surface area contributed by atoms with E-state index in [1.165, 1.54) is 48.5 Å². The summed E-state index contributed by atoms with van der Waals surface area (Å²) in [6.07, 6.45) is 12.0. The number of ether oxygens (including phenoxy) is 6. The molecule has 2 saturated heterocycles. The molecule has 0 aromatic heterocycles. The third-order valence-electron chi connectivity index (χ3n) is 15.2. The average molecular weight is 1390 g/mol. The molecule has 0 bridgehead atoms.